The highest BCUT2D eigenvalue weighted by molar-refractivity contribution is 6.31. The Morgan fingerprint density at radius 2 is 1.83 bits per heavy atom. The monoisotopic (exact) mass is 339 g/mol. The van der Waals surface area contributed by atoms with Crippen molar-refractivity contribution in [2.75, 3.05) is 0 Å². The van der Waals surface area contributed by atoms with Gasteiger partial charge in [-0.1, -0.05) is 48.0 Å². The van der Waals surface area contributed by atoms with Crippen LogP contribution in [0.2, 0.25) is 5.02 Å². The summed E-state index contributed by atoms with van der Waals surface area (Å²) in [6.07, 6.45) is 2.58. The lowest BCUT2D eigenvalue weighted by Gasteiger charge is -2.15. The first-order chi connectivity index (χ1) is 11.5. The molecule has 1 heterocycles. The van der Waals surface area contributed by atoms with Crippen LogP contribution in [0.4, 0.5) is 0 Å². The van der Waals surface area contributed by atoms with Crippen molar-refractivity contribution >= 4 is 34.4 Å². The average molecular weight is 340 g/mol. The number of nitrogens with zero attached hydrogens (tertiary/aromatic N) is 1. The second kappa shape index (κ2) is 6.34. The molecule has 1 N–H and O–H groups in total. The van der Waals surface area contributed by atoms with Crippen molar-refractivity contribution in [2.24, 2.45) is 7.05 Å². The Morgan fingerprint density at radius 3 is 2.50 bits per heavy atom. The van der Waals surface area contributed by atoms with Gasteiger partial charge in [0.05, 0.1) is 5.69 Å². The molecule has 24 heavy (non-hydrogen) atoms. The van der Waals surface area contributed by atoms with Crippen molar-refractivity contribution in [1.82, 2.24) is 4.57 Å². The van der Waals surface area contributed by atoms with Crippen molar-refractivity contribution in [2.45, 2.75) is 0 Å². The largest absolute Gasteiger partial charge is 0.478 e. The van der Waals surface area contributed by atoms with Crippen molar-refractivity contribution in [1.29, 1.82) is 0 Å². The van der Waals surface area contributed by atoms with E-state index in [1.54, 1.807) is 25.2 Å². The number of hydrogen-bond donors (Lipinski definition) is 1. The summed E-state index contributed by atoms with van der Waals surface area (Å²) in [6.45, 7) is 0. The van der Waals surface area contributed by atoms with Gasteiger partial charge in [0.15, 0.2) is 0 Å². The first-order valence-corrected chi connectivity index (χ1v) is 7.65. The number of halogens is 1. The zero-order valence-corrected chi connectivity index (χ0v) is 13.6. The van der Waals surface area contributed by atoms with Gasteiger partial charge in [0.2, 0.25) is 0 Å². The highest BCUT2D eigenvalue weighted by Crippen LogP contribution is 2.30. The smallest absolute Gasteiger partial charge is 0.328 e. The number of aromatic nitrogens is 1. The number of hydrogen-bond acceptors (Lipinski definition) is 2. The van der Waals surface area contributed by atoms with E-state index < -0.39 is 5.97 Å². The number of rotatable bonds is 3. The molecule has 0 saturated heterocycles. The molecule has 0 unspecified atom stereocenters. The molecule has 3 rings (SSSR count). The molecular formula is C19H14ClNO3. The molecule has 4 nitrogen and oxygen atoms in total. The van der Waals surface area contributed by atoms with Gasteiger partial charge in [-0.15, -0.1) is 0 Å². The Hall–Kier alpha value is -2.85. The molecule has 1 aromatic heterocycles. The van der Waals surface area contributed by atoms with Gasteiger partial charge in [-0.05, 0) is 29.2 Å². The van der Waals surface area contributed by atoms with Crippen LogP contribution >= 0.6 is 11.6 Å². The van der Waals surface area contributed by atoms with Crippen molar-refractivity contribution < 1.29 is 9.90 Å². The summed E-state index contributed by atoms with van der Waals surface area (Å²) >= 11 is 6.02. The predicted molar refractivity (Wildman–Crippen MR) is 96.3 cm³/mol. The molecule has 120 valence electrons. The lowest BCUT2D eigenvalue weighted by Crippen LogP contribution is -2.20. The summed E-state index contributed by atoms with van der Waals surface area (Å²) in [5.74, 6) is -1.05. The van der Waals surface area contributed by atoms with Gasteiger partial charge in [-0.2, -0.15) is 0 Å². The Balaban J connectivity index is 2.48. The van der Waals surface area contributed by atoms with Crippen molar-refractivity contribution in [3.05, 3.63) is 75.5 Å². The van der Waals surface area contributed by atoms with Crippen molar-refractivity contribution in [3.63, 3.8) is 0 Å². The standard InChI is InChI=1S/C19H14ClNO3/c1-21-18(12-5-3-2-4-6-12)15(9-10-17(22)23)14-8-7-13(20)11-16(14)19(21)24/h2-11H,1H3,(H,22,23). The van der Waals surface area contributed by atoms with Gasteiger partial charge in [-0.3, -0.25) is 4.79 Å². The molecule has 0 radical (unpaired) electrons. The lowest BCUT2D eigenvalue weighted by atomic mass is 9.98. The Morgan fingerprint density at radius 1 is 1.12 bits per heavy atom. The Bertz CT molecular complexity index is 1020. The summed E-state index contributed by atoms with van der Waals surface area (Å²) < 4.78 is 1.52. The number of aliphatic carboxylic acids is 1. The molecule has 0 aliphatic heterocycles. The van der Waals surface area contributed by atoms with E-state index >= 15 is 0 Å². The van der Waals surface area contributed by atoms with Gasteiger partial charge < -0.3 is 9.67 Å². The van der Waals surface area contributed by atoms with Gasteiger partial charge in [0.25, 0.3) is 5.56 Å². The van der Waals surface area contributed by atoms with E-state index in [4.69, 9.17) is 16.7 Å². The van der Waals surface area contributed by atoms with Crippen LogP contribution in [0.5, 0.6) is 0 Å². The van der Waals surface area contributed by atoms with Crippen molar-refractivity contribution in [3.8, 4) is 11.3 Å². The minimum atomic E-state index is -1.05. The summed E-state index contributed by atoms with van der Waals surface area (Å²) in [5.41, 5.74) is 1.98. The van der Waals surface area contributed by atoms with Crippen LogP contribution < -0.4 is 5.56 Å². The predicted octanol–water partition coefficient (Wildman–Crippen LogP) is 3.96. The van der Waals surface area contributed by atoms with Gasteiger partial charge in [0, 0.05) is 29.1 Å². The minimum Gasteiger partial charge on any atom is -0.478 e. The van der Waals surface area contributed by atoms with Crippen LogP contribution in [-0.2, 0) is 11.8 Å². The third kappa shape index (κ3) is 2.84. The second-order valence-electron chi connectivity index (χ2n) is 5.35. The summed E-state index contributed by atoms with van der Waals surface area (Å²) in [7, 11) is 1.67. The highest BCUT2D eigenvalue weighted by Gasteiger charge is 2.15. The average Bonchev–Trinajstić information content (AvgIpc) is 2.57. The Kier molecular flexibility index (Phi) is 4.23. The van der Waals surface area contributed by atoms with E-state index in [-0.39, 0.29) is 5.56 Å². The van der Waals surface area contributed by atoms with E-state index in [2.05, 4.69) is 0 Å². The fourth-order valence-corrected chi connectivity index (χ4v) is 2.96. The van der Waals surface area contributed by atoms with Crippen LogP contribution in [0, 0.1) is 0 Å². The third-order valence-electron chi connectivity index (χ3n) is 3.84. The van der Waals surface area contributed by atoms with Crippen LogP contribution in [0.15, 0.2) is 59.4 Å². The number of carboxylic acid groups (broad SMARTS) is 1. The van der Waals surface area contributed by atoms with Gasteiger partial charge >= 0.3 is 5.97 Å². The maximum Gasteiger partial charge on any atom is 0.328 e. The number of carboxylic acids is 1. The van der Waals surface area contributed by atoms with E-state index in [1.807, 2.05) is 30.3 Å². The summed E-state index contributed by atoms with van der Waals surface area (Å²) in [5, 5.41) is 10.6. The highest BCUT2D eigenvalue weighted by atomic mass is 35.5. The first-order valence-electron chi connectivity index (χ1n) is 7.27. The quantitative estimate of drug-likeness (QED) is 0.735. The van der Waals surface area contributed by atoms with Gasteiger partial charge in [-0.25, -0.2) is 4.79 Å². The first kappa shape index (κ1) is 16.0. The van der Waals surface area contributed by atoms with Gasteiger partial charge in [0.1, 0.15) is 0 Å². The van der Waals surface area contributed by atoms with E-state index in [0.29, 0.717) is 27.1 Å². The topological polar surface area (TPSA) is 59.3 Å². The van der Waals surface area contributed by atoms with E-state index in [9.17, 15) is 9.59 Å². The number of carbonyl (C=O) groups is 1. The van der Waals surface area contributed by atoms with E-state index in [1.165, 1.54) is 10.6 Å². The Labute approximate surface area is 143 Å². The molecule has 0 aliphatic rings. The zero-order valence-electron chi connectivity index (χ0n) is 12.9. The molecule has 0 aliphatic carbocycles. The molecule has 0 spiro atoms. The normalized spacial score (nSPS) is 11.2. The summed E-state index contributed by atoms with van der Waals surface area (Å²) in [6, 6.07) is 14.4. The van der Waals surface area contributed by atoms with E-state index in [0.717, 1.165) is 11.6 Å². The molecule has 0 bridgehead atoms. The maximum absolute atomic E-state index is 12.7. The molecule has 0 saturated carbocycles. The molecule has 2 aromatic carbocycles. The fourth-order valence-electron chi connectivity index (χ4n) is 2.79. The van der Waals surface area contributed by atoms with Crippen LogP contribution in [0.1, 0.15) is 5.56 Å². The molecular weight excluding hydrogens is 326 g/mol. The van der Waals surface area contributed by atoms with Crippen LogP contribution in [0.3, 0.4) is 0 Å². The molecule has 0 fully saturated rings. The molecule has 0 amide bonds. The van der Waals surface area contributed by atoms with Crippen LogP contribution in [0.25, 0.3) is 28.1 Å². The second-order valence-corrected chi connectivity index (χ2v) is 5.79. The number of pyridine rings is 1. The lowest BCUT2D eigenvalue weighted by molar-refractivity contribution is -0.131. The molecule has 0 atom stereocenters. The molecule has 3 aromatic rings. The van der Waals surface area contributed by atoms with Crippen LogP contribution in [-0.4, -0.2) is 15.6 Å². The zero-order chi connectivity index (χ0) is 17.3. The maximum atomic E-state index is 12.7. The number of fused-ring (bicyclic) bond motifs is 1. The summed E-state index contributed by atoms with van der Waals surface area (Å²) in [4.78, 5) is 23.7. The fraction of sp³-hybridized carbons (Fsp3) is 0.0526. The molecule has 5 heteroatoms. The minimum absolute atomic E-state index is 0.182. The third-order valence-corrected chi connectivity index (χ3v) is 4.07. The SMILES string of the molecule is Cn1c(-c2ccccc2)c(C=CC(=O)O)c2ccc(Cl)cc2c1=O. The number of benzene rings is 2.